The topological polar surface area (TPSA) is 58.5 Å². The number of amides is 1. The minimum atomic E-state index is -0.296. The van der Waals surface area contributed by atoms with Gasteiger partial charge in [0.1, 0.15) is 0 Å². The molecule has 6 heteroatoms. The van der Waals surface area contributed by atoms with Gasteiger partial charge in [-0.2, -0.15) is 0 Å². The predicted molar refractivity (Wildman–Crippen MR) is 83.7 cm³/mol. The van der Waals surface area contributed by atoms with Gasteiger partial charge in [-0.1, -0.05) is 30.0 Å². The zero-order chi connectivity index (χ0) is 13.9. The number of carbonyl (C=O) groups excluding carboxylic acids is 2. The third-order valence-corrected chi connectivity index (χ3v) is 5.20. The summed E-state index contributed by atoms with van der Waals surface area (Å²) < 4.78 is 0. The molecule has 3 rings (SSSR count). The van der Waals surface area contributed by atoms with Gasteiger partial charge in [0.15, 0.2) is 0 Å². The number of benzene rings is 1. The zero-order valence-electron chi connectivity index (χ0n) is 10.8. The first-order valence-electron chi connectivity index (χ1n) is 6.46. The molecule has 1 aromatic carbocycles. The van der Waals surface area contributed by atoms with Gasteiger partial charge in [0.05, 0.1) is 22.5 Å². The van der Waals surface area contributed by atoms with Crippen LogP contribution < -0.4 is 5.32 Å². The minimum absolute atomic E-state index is 0.0777. The Kier molecular flexibility index (Phi) is 4.12. The minimum Gasteiger partial charge on any atom is -0.345 e. The second-order valence-electron chi connectivity index (χ2n) is 4.68. The third-order valence-electron chi connectivity index (χ3n) is 3.22. The Hall–Kier alpha value is -1.27. The average Bonchev–Trinajstić information content (AvgIpc) is 3.03. The van der Waals surface area contributed by atoms with Gasteiger partial charge >= 0.3 is 0 Å². The first kappa shape index (κ1) is 13.7. The molecule has 2 heterocycles. The molecule has 20 heavy (non-hydrogen) atoms. The fourth-order valence-electron chi connectivity index (χ4n) is 2.20. The molecular weight excluding hydrogens is 292 g/mol. The number of nitrogens with one attached hydrogen (secondary N) is 1. The van der Waals surface area contributed by atoms with Crippen LogP contribution in [0.1, 0.15) is 12.0 Å². The summed E-state index contributed by atoms with van der Waals surface area (Å²) in [4.78, 5) is 27.8. The van der Waals surface area contributed by atoms with Crippen LogP contribution in [0.4, 0.5) is 5.69 Å². The number of thioether (sulfide) groups is 2. The molecule has 2 aliphatic rings. The lowest BCUT2D eigenvalue weighted by molar-refractivity contribution is -0.122. The highest BCUT2D eigenvalue weighted by Gasteiger charge is 2.26. The van der Waals surface area contributed by atoms with Crippen molar-refractivity contribution in [3.8, 4) is 0 Å². The number of hydrogen-bond acceptors (Lipinski definition) is 5. The van der Waals surface area contributed by atoms with Gasteiger partial charge < -0.3 is 5.32 Å². The van der Waals surface area contributed by atoms with Gasteiger partial charge in [0.25, 0.3) is 0 Å². The molecule has 1 N–H and O–H groups in total. The first-order valence-corrected chi connectivity index (χ1v) is 8.44. The Balaban J connectivity index is 1.49. The highest BCUT2D eigenvalue weighted by atomic mass is 32.2. The SMILES string of the molecule is O=C(CSC1=Nc2ccccc2C1)N[C@@H]1CCSC1=O. The molecule has 1 atom stereocenters. The summed E-state index contributed by atoms with van der Waals surface area (Å²) in [6.07, 6.45) is 1.54. The number of fused-ring (bicyclic) bond motifs is 1. The van der Waals surface area contributed by atoms with Crippen molar-refractivity contribution in [2.75, 3.05) is 11.5 Å². The van der Waals surface area contributed by atoms with Crippen molar-refractivity contribution in [3.05, 3.63) is 29.8 Å². The lowest BCUT2D eigenvalue weighted by atomic mass is 10.2. The zero-order valence-corrected chi connectivity index (χ0v) is 12.4. The maximum atomic E-state index is 11.8. The summed E-state index contributed by atoms with van der Waals surface area (Å²) in [5.74, 6) is 1.04. The molecule has 2 aliphatic heterocycles. The highest BCUT2D eigenvalue weighted by Crippen LogP contribution is 2.29. The van der Waals surface area contributed by atoms with Crippen LogP contribution in [0.5, 0.6) is 0 Å². The molecule has 1 amide bonds. The van der Waals surface area contributed by atoms with E-state index in [9.17, 15) is 9.59 Å². The summed E-state index contributed by atoms with van der Waals surface area (Å²) in [5.41, 5.74) is 2.20. The standard InChI is InChI=1S/C14H14N2O2S2/c17-12(15-11-5-6-19-14(11)18)8-20-13-7-9-3-1-2-4-10(9)16-13/h1-4,11H,5-8H2,(H,15,17)/t11-/m1/s1. The number of carbonyl (C=O) groups is 2. The monoisotopic (exact) mass is 306 g/mol. The fourth-order valence-corrected chi connectivity index (χ4v) is 3.94. The van der Waals surface area contributed by atoms with Crippen LogP contribution in [0.2, 0.25) is 0 Å². The van der Waals surface area contributed by atoms with Crippen molar-refractivity contribution in [1.82, 2.24) is 5.32 Å². The number of nitrogens with zero attached hydrogens (tertiary/aromatic N) is 1. The van der Waals surface area contributed by atoms with Crippen LogP contribution in [-0.4, -0.2) is 33.6 Å². The predicted octanol–water partition coefficient (Wildman–Crippen LogP) is 2.15. The van der Waals surface area contributed by atoms with E-state index in [0.29, 0.717) is 5.75 Å². The van der Waals surface area contributed by atoms with E-state index in [4.69, 9.17) is 0 Å². The summed E-state index contributed by atoms with van der Waals surface area (Å²) >= 11 is 2.75. The van der Waals surface area contributed by atoms with Crippen LogP contribution in [0.15, 0.2) is 29.3 Å². The van der Waals surface area contributed by atoms with E-state index in [1.54, 1.807) is 0 Å². The molecule has 0 spiro atoms. The second-order valence-corrected chi connectivity index (χ2v) is 6.82. The Morgan fingerprint density at radius 3 is 3.05 bits per heavy atom. The highest BCUT2D eigenvalue weighted by molar-refractivity contribution is 8.14. The maximum Gasteiger partial charge on any atom is 0.231 e. The number of aliphatic imine (C=N–C) groups is 1. The van der Waals surface area contributed by atoms with Crippen molar-refractivity contribution < 1.29 is 9.59 Å². The van der Waals surface area contributed by atoms with Crippen molar-refractivity contribution in [2.24, 2.45) is 4.99 Å². The van der Waals surface area contributed by atoms with Crippen molar-refractivity contribution in [1.29, 1.82) is 0 Å². The molecule has 1 fully saturated rings. The van der Waals surface area contributed by atoms with Crippen molar-refractivity contribution in [3.63, 3.8) is 0 Å². The van der Waals surface area contributed by atoms with E-state index >= 15 is 0 Å². The average molecular weight is 306 g/mol. The van der Waals surface area contributed by atoms with Gasteiger partial charge in [-0.05, 0) is 18.1 Å². The quantitative estimate of drug-likeness (QED) is 0.929. The van der Waals surface area contributed by atoms with Crippen LogP contribution in [0, 0.1) is 0 Å². The summed E-state index contributed by atoms with van der Waals surface area (Å²) in [6, 6.07) is 7.71. The Morgan fingerprint density at radius 2 is 2.30 bits per heavy atom. The van der Waals surface area contributed by atoms with Crippen LogP contribution in [0.25, 0.3) is 0 Å². The van der Waals surface area contributed by atoms with Crippen molar-refractivity contribution in [2.45, 2.75) is 18.9 Å². The van der Waals surface area contributed by atoms with E-state index in [1.165, 1.54) is 29.1 Å². The molecule has 0 saturated carbocycles. The molecular formula is C14H14N2O2S2. The second kappa shape index (κ2) is 6.01. The van der Waals surface area contributed by atoms with E-state index < -0.39 is 0 Å². The van der Waals surface area contributed by atoms with E-state index in [-0.39, 0.29) is 17.1 Å². The molecule has 104 valence electrons. The molecule has 0 radical (unpaired) electrons. The van der Waals surface area contributed by atoms with Gasteiger partial charge in [-0.3, -0.25) is 9.59 Å². The summed E-state index contributed by atoms with van der Waals surface area (Å²) in [6.45, 7) is 0. The summed E-state index contributed by atoms with van der Waals surface area (Å²) in [5, 5.41) is 3.83. The van der Waals surface area contributed by atoms with Gasteiger partial charge in [0.2, 0.25) is 11.0 Å². The van der Waals surface area contributed by atoms with Crippen LogP contribution in [0.3, 0.4) is 0 Å². The lowest BCUT2D eigenvalue weighted by Crippen LogP contribution is -2.38. The number of hydrogen-bond donors (Lipinski definition) is 1. The molecule has 0 unspecified atom stereocenters. The van der Waals surface area contributed by atoms with E-state index in [2.05, 4.69) is 16.4 Å². The third kappa shape index (κ3) is 3.07. The first-order chi connectivity index (χ1) is 9.72. The molecule has 1 saturated heterocycles. The Morgan fingerprint density at radius 1 is 1.45 bits per heavy atom. The van der Waals surface area contributed by atoms with E-state index in [0.717, 1.165) is 29.3 Å². The summed E-state index contributed by atoms with van der Waals surface area (Å²) in [7, 11) is 0. The lowest BCUT2D eigenvalue weighted by Gasteiger charge is -2.09. The number of para-hydroxylation sites is 1. The van der Waals surface area contributed by atoms with Crippen LogP contribution >= 0.6 is 23.5 Å². The molecule has 0 aliphatic carbocycles. The van der Waals surface area contributed by atoms with Crippen LogP contribution in [-0.2, 0) is 16.0 Å². The smallest absolute Gasteiger partial charge is 0.231 e. The van der Waals surface area contributed by atoms with Gasteiger partial charge in [-0.25, -0.2) is 4.99 Å². The van der Waals surface area contributed by atoms with Gasteiger partial charge in [0, 0.05) is 12.2 Å². The van der Waals surface area contributed by atoms with Gasteiger partial charge in [-0.15, -0.1) is 11.8 Å². The molecule has 0 bridgehead atoms. The largest absolute Gasteiger partial charge is 0.345 e. The van der Waals surface area contributed by atoms with Crippen molar-refractivity contribution >= 4 is 45.3 Å². The fraction of sp³-hybridized carbons (Fsp3) is 0.357. The molecule has 1 aromatic rings. The maximum absolute atomic E-state index is 11.8. The normalized spacial score (nSPS) is 20.7. The Bertz CT molecular complexity index is 586. The molecule has 4 nitrogen and oxygen atoms in total. The molecule has 0 aromatic heterocycles. The van der Waals surface area contributed by atoms with E-state index in [1.807, 2.05) is 18.2 Å². The number of rotatable bonds is 3. The Labute approximate surface area is 125 Å².